The normalized spacial score (nSPS) is 11.8. The van der Waals surface area contributed by atoms with Gasteiger partial charge in [0.1, 0.15) is 5.82 Å². The monoisotopic (exact) mass is 308 g/mol. The lowest BCUT2D eigenvalue weighted by atomic mass is 10.1. The van der Waals surface area contributed by atoms with E-state index in [2.05, 4.69) is 40.4 Å². The topological polar surface area (TPSA) is 80.6 Å². The zero-order valence-corrected chi connectivity index (χ0v) is 13.3. The number of nitrogens with zero attached hydrogens (tertiary/aromatic N) is 4. The van der Waals surface area contributed by atoms with Crippen LogP contribution >= 0.6 is 0 Å². The third-order valence-electron chi connectivity index (χ3n) is 3.50. The first kappa shape index (κ1) is 15.0. The van der Waals surface area contributed by atoms with Gasteiger partial charge in [0.25, 0.3) is 0 Å². The summed E-state index contributed by atoms with van der Waals surface area (Å²) in [6.07, 6.45) is 2.63. The number of rotatable bonds is 4. The molecule has 6 nitrogen and oxygen atoms in total. The van der Waals surface area contributed by atoms with Gasteiger partial charge >= 0.3 is 0 Å². The van der Waals surface area contributed by atoms with Crippen molar-refractivity contribution in [3.05, 3.63) is 59.5 Å². The van der Waals surface area contributed by atoms with E-state index in [4.69, 9.17) is 5.73 Å². The van der Waals surface area contributed by atoms with Gasteiger partial charge in [-0.3, -0.25) is 9.39 Å². The molecule has 1 aromatic carbocycles. The van der Waals surface area contributed by atoms with E-state index in [1.165, 1.54) is 11.1 Å². The van der Waals surface area contributed by atoms with Crippen molar-refractivity contribution in [1.82, 2.24) is 14.6 Å². The average Bonchev–Trinajstić information content (AvgIpc) is 2.90. The van der Waals surface area contributed by atoms with Crippen molar-refractivity contribution in [2.45, 2.75) is 20.3 Å². The lowest BCUT2D eigenvalue weighted by molar-refractivity contribution is 0.847. The van der Waals surface area contributed by atoms with E-state index in [1.807, 2.05) is 40.9 Å². The fourth-order valence-electron chi connectivity index (χ4n) is 2.57. The number of aryl methyl sites for hydroxylation is 2. The summed E-state index contributed by atoms with van der Waals surface area (Å²) in [5, 5.41) is 11.4. The largest absolute Gasteiger partial charge is 0.370 e. The van der Waals surface area contributed by atoms with Gasteiger partial charge in [-0.15, -0.1) is 10.2 Å². The van der Waals surface area contributed by atoms with Gasteiger partial charge < -0.3 is 11.1 Å². The number of pyridine rings is 1. The maximum Gasteiger partial charge on any atom is 0.193 e. The predicted octanol–water partition coefficient (Wildman–Crippen LogP) is 2.32. The van der Waals surface area contributed by atoms with Gasteiger partial charge in [-0.1, -0.05) is 12.1 Å². The zero-order chi connectivity index (χ0) is 16.2. The Kier molecular flexibility index (Phi) is 4.23. The van der Waals surface area contributed by atoms with E-state index in [9.17, 15) is 0 Å². The van der Waals surface area contributed by atoms with Crippen molar-refractivity contribution in [3.63, 3.8) is 0 Å². The lowest BCUT2D eigenvalue weighted by Crippen LogP contribution is -2.23. The van der Waals surface area contributed by atoms with Gasteiger partial charge in [0.05, 0.1) is 0 Å². The first-order valence-corrected chi connectivity index (χ1v) is 7.56. The molecule has 6 heteroatoms. The number of hydrogen-bond donors (Lipinski definition) is 2. The van der Waals surface area contributed by atoms with Crippen LogP contribution < -0.4 is 11.1 Å². The second kappa shape index (κ2) is 6.48. The van der Waals surface area contributed by atoms with Gasteiger partial charge in [-0.25, -0.2) is 0 Å². The van der Waals surface area contributed by atoms with Crippen LogP contribution in [0.15, 0.2) is 47.6 Å². The van der Waals surface area contributed by atoms with E-state index in [0.717, 1.165) is 17.2 Å². The van der Waals surface area contributed by atoms with E-state index in [-0.39, 0.29) is 0 Å². The maximum atomic E-state index is 5.95. The minimum absolute atomic E-state index is 0.406. The highest BCUT2D eigenvalue weighted by molar-refractivity contribution is 5.92. The van der Waals surface area contributed by atoms with Gasteiger partial charge in [0, 0.05) is 24.8 Å². The molecule has 0 radical (unpaired) electrons. The van der Waals surface area contributed by atoms with Crippen LogP contribution in [0.4, 0.5) is 5.69 Å². The number of aromatic nitrogens is 3. The number of aliphatic imine (C=N–C) groups is 1. The quantitative estimate of drug-likeness (QED) is 0.572. The molecule has 3 aromatic rings. The van der Waals surface area contributed by atoms with Crippen molar-refractivity contribution in [3.8, 4) is 0 Å². The van der Waals surface area contributed by atoms with Crippen LogP contribution in [0.25, 0.3) is 5.65 Å². The van der Waals surface area contributed by atoms with Crippen LogP contribution in [0.2, 0.25) is 0 Å². The van der Waals surface area contributed by atoms with Crippen LogP contribution in [0.1, 0.15) is 17.0 Å². The molecule has 2 aromatic heterocycles. The Morgan fingerprint density at radius 1 is 1.17 bits per heavy atom. The van der Waals surface area contributed by atoms with Crippen molar-refractivity contribution < 1.29 is 0 Å². The molecule has 2 heterocycles. The van der Waals surface area contributed by atoms with Gasteiger partial charge in [0.2, 0.25) is 0 Å². The van der Waals surface area contributed by atoms with E-state index in [0.29, 0.717) is 18.9 Å². The first-order chi connectivity index (χ1) is 11.1. The van der Waals surface area contributed by atoms with Crippen molar-refractivity contribution in [1.29, 1.82) is 0 Å². The Morgan fingerprint density at radius 3 is 2.74 bits per heavy atom. The zero-order valence-electron chi connectivity index (χ0n) is 13.3. The van der Waals surface area contributed by atoms with Gasteiger partial charge in [0.15, 0.2) is 11.6 Å². The maximum absolute atomic E-state index is 5.95. The molecule has 3 N–H and O–H groups in total. The molecule has 0 saturated heterocycles. The number of benzene rings is 1. The summed E-state index contributed by atoms with van der Waals surface area (Å²) in [5.74, 6) is 1.28. The number of hydrogen-bond acceptors (Lipinski definition) is 3. The third-order valence-corrected chi connectivity index (χ3v) is 3.50. The van der Waals surface area contributed by atoms with Crippen molar-refractivity contribution >= 4 is 17.3 Å². The van der Waals surface area contributed by atoms with Gasteiger partial charge in [-0.05, 0) is 49.2 Å². The molecule has 118 valence electrons. The van der Waals surface area contributed by atoms with Crippen LogP contribution in [0.3, 0.4) is 0 Å². The number of anilines is 1. The van der Waals surface area contributed by atoms with E-state index in [1.54, 1.807) is 0 Å². The standard InChI is InChI=1S/C17H20N6/c1-12-9-13(2)11-14(10-12)20-17(18)19-7-6-16-22-21-15-5-3-4-8-23(15)16/h3-5,8-11H,6-7H2,1-2H3,(H3,18,19,20). The molecule has 0 unspecified atom stereocenters. The number of nitrogens with one attached hydrogen (secondary N) is 1. The highest BCUT2D eigenvalue weighted by Gasteiger charge is 2.04. The van der Waals surface area contributed by atoms with Crippen molar-refractivity contribution in [2.24, 2.45) is 10.7 Å². The highest BCUT2D eigenvalue weighted by Crippen LogP contribution is 2.13. The van der Waals surface area contributed by atoms with Crippen LogP contribution in [0.5, 0.6) is 0 Å². The fraction of sp³-hybridized carbons (Fsp3) is 0.235. The molecule has 0 spiro atoms. The fourth-order valence-corrected chi connectivity index (χ4v) is 2.57. The van der Waals surface area contributed by atoms with Crippen molar-refractivity contribution in [2.75, 3.05) is 11.9 Å². The summed E-state index contributed by atoms with van der Waals surface area (Å²) in [5.41, 5.74) is 10.1. The molecular weight excluding hydrogens is 288 g/mol. The molecule has 0 aliphatic heterocycles. The number of nitrogens with two attached hydrogens (primary N) is 1. The molecule has 0 amide bonds. The lowest BCUT2D eigenvalue weighted by Gasteiger charge is -2.07. The molecule has 0 atom stereocenters. The van der Waals surface area contributed by atoms with E-state index >= 15 is 0 Å². The third kappa shape index (κ3) is 3.66. The van der Waals surface area contributed by atoms with Gasteiger partial charge in [-0.2, -0.15) is 0 Å². The van der Waals surface area contributed by atoms with Crippen LogP contribution in [-0.4, -0.2) is 27.1 Å². The summed E-state index contributed by atoms with van der Waals surface area (Å²) in [4.78, 5) is 4.36. The molecule has 0 fully saturated rings. The minimum Gasteiger partial charge on any atom is -0.370 e. The first-order valence-electron chi connectivity index (χ1n) is 7.56. The van der Waals surface area contributed by atoms with Crippen LogP contribution in [0, 0.1) is 13.8 Å². The Hall–Kier alpha value is -2.89. The van der Waals surface area contributed by atoms with E-state index < -0.39 is 0 Å². The Labute approximate surface area is 135 Å². The molecule has 0 bridgehead atoms. The SMILES string of the molecule is Cc1cc(C)cc(NC(N)=NCCc2nnc3ccccn23)c1. The Bertz CT molecular complexity index is 829. The second-order valence-electron chi connectivity index (χ2n) is 5.56. The molecule has 0 saturated carbocycles. The number of fused-ring (bicyclic) bond motifs is 1. The second-order valence-corrected chi connectivity index (χ2v) is 5.56. The molecule has 23 heavy (non-hydrogen) atoms. The predicted molar refractivity (Wildman–Crippen MR) is 92.7 cm³/mol. The molecule has 3 rings (SSSR count). The summed E-state index contributed by atoms with van der Waals surface area (Å²) in [6.45, 7) is 4.67. The molecule has 0 aliphatic carbocycles. The average molecular weight is 308 g/mol. The summed E-state index contributed by atoms with van der Waals surface area (Å²) in [6, 6.07) is 12.0. The number of guanidine groups is 1. The summed E-state index contributed by atoms with van der Waals surface area (Å²) < 4.78 is 1.96. The minimum atomic E-state index is 0.406. The smallest absolute Gasteiger partial charge is 0.193 e. The Morgan fingerprint density at radius 2 is 1.96 bits per heavy atom. The summed E-state index contributed by atoms with van der Waals surface area (Å²) >= 11 is 0. The molecule has 0 aliphatic rings. The summed E-state index contributed by atoms with van der Waals surface area (Å²) in [7, 11) is 0. The highest BCUT2D eigenvalue weighted by atomic mass is 15.2. The molecular formula is C17H20N6. The Balaban J connectivity index is 1.63. The van der Waals surface area contributed by atoms with Crippen LogP contribution in [-0.2, 0) is 6.42 Å².